The van der Waals surface area contributed by atoms with E-state index in [4.69, 9.17) is 11.6 Å². The van der Waals surface area contributed by atoms with Gasteiger partial charge >= 0.3 is 6.18 Å². The summed E-state index contributed by atoms with van der Waals surface area (Å²) < 4.78 is 37.6. The highest BCUT2D eigenvalue weighted by Gasteiger charge is 2.30. The van der Waals surface area contributed by atoms with Crippen LogP contribution in [0, 0.1) is 0 Å². The Labute approximate surface area is 136 Å². The fourth-order valence-electron chi connectivity index (χ4n) is 1.86. The van der Waals surface area contributed by atoms with E-state index in [1.165, 1.54) is 11.6 Å². The summed E-state index contributed by atoms with van der Waals surface area (Å²) in [6, 6.07) is 13.4. The average molecular weight is 346 g/mol. The first kappa shape index (κ1) is 17.0. The second-order valence-corrected chi connectivity index (χ2v) is 6.17. The molecule has 118 valence electrons. The van der Waals surface area contributed by atoms with Crippen molar-refractivity contribution in [2.75, 3.05) is 17.6 Å². The van der Waals surface area contributed by atoms with Crippen LogP contribution in [0.25, 0.3) is 0 Å². The molecule has 0 saturated heterocycles. The van der Waals surface area contributed by atoms with Crippen LogP contribution < -0.4 is 5.32 Å². The first-order valence-electron chi connectivity index (χ1n) is 6.69. The number of benzene rings is 2. The quantitative estimate of drug-likeness (QED) is 0.673. The predicted molar refractivity (Wildman–Crippen MR) is 87.5 cm³/mol. The molecule has 1 nitrogen and oxygen atoms in total. The van der Waals surface area contributed by atoms with Crippen molar-refractivity contribution in [2.24, 2.45) is 0 Å². The highest BCUT2D eigenvalue weighted by molar-refractivity contribution is 7.98. The maximum atomic E-state index is 12.5. The van der Waals surface area contributed by atoms with Crippen LogP contribution in [-0.4, -0.2) is 12.3 Å². The molecule has 6 heteroatoms. The van der Waals surface area contributed by atoms with E-state index in [0.29, 0.717) is 12.2 Å². The number of nitrogens with one attached hydrogen (secondary N) is 1. The summed E-state index contributed by atoms with van der Waals surface area (Å²) in [5.74, 6) is 1.75. The van der Waals surface area contributed by atoms with Gasteiger partial charge < -0.3 is 5.32 Å². The second-order valence-electron chi connectivity index (χ2n) is 4.66. The van der Waals surface area contributed by atoms with Gasteiger partial charge in [0.1, 0.15) is 0 Å². The average Bonchev–Trinajstić information content (AvgIpc) is 2.48. The Morgan fingerprint density at radius 3 is 2.41 bits per heavy atom. The van der Waals surface area contributed by atoms with Gasteiger partial charge in [-0.2, -0.15) is 24.9 Å². The van der Waals surface area contributed by atoms with Crippen LogP contribution in [0.3, 0.4) is 0 Å². The molecule has 0 aliphatic carbocycles. The molecule has 0 aliphatic rings. The minimum Gasteiger partial charge on any atom is -0.383 e. The Bertz CT molecular complexity index is 602. The van der Waals surface area contributed by atoms with Crippen LogP contribution in [0.5, 0.6) is 0 Å². The SMILES string of the molecule is FC(F)(F)c1ccc(NCCSCc2ccccc2)c(Cl)c1. The second kappa shape index (κ2) is 7.79. The monoisotopic (exact) mass is 345 g/mol. The molecular weight excluding hydrogens is 331 g/mol. The van der Waals surface area contributed by atoms with Gasteiger partial charge in [0.25, 0.3) is 0 Å². The lowest BCUT2D eigenvalue weighted by Crippen LogP contribution is -2.07. The molecule has 0 unspecified atom stereocenters. The first-order valence-corrected chi connectivity index (χ1v) is 8.22. The van der Waals surface area contributed by atoms with Crippen molar-refractivity contribution in [1.29, 1.82) is 0 Å². The normalized spacial score (nSPS) is 11.5. The van der Waals surface area contributed by atoms with Crippen molar-refractivity contribution in [3.63, 3.8) is 0 Å². The molecule has 0 aliphatic heterocycles. The van der Waals surface area contributed by atoms with Gasteiger partial charge in [-0.25, -0.2) is 0 Å². The molecule has 0 heterocycles. The van der Waals surface area contributed by atoms with E-state index in [1.54, 1.807) is 11.8 Å². The van der Waals surface area contributed by atoms with E-state index in [9.17, 15) is 13.2 Å². The van der Waals surface area contributed by atoms with E-state index >= 15 is 0 Å². The van der Waals surface area contributed by atoms with Gasteiger partial charge in [0, 0.05) is 18.1 Å². The van der Waals surface area contributed by atoms with Crippen LogP contribution in [0.1, 0.15) is 11.1 Å². The van der Waals surface area contributed by atoms with Crippen molar-refractivity contribution in [3.8, 4) is 0 Å². The summed E-state index contributed by atoms with van der Waals surface area (Å²) in [6.07, 6.45) is -4.37. The first-order chi connectivity index (χ1) is 10.5. The highest BCUT2D eigenvalue weighted by Crippen LogP contribution is 2.33. The van der Waals surface area contributed by atoms with Crippen LogP contribution in [0.15, 0.2) is 48.5 Å². The van der Waals surface area contributed by atoms with Gasteiger partial charge in [-0.15, -0.1) is 0 Å². The van der Waals surface area contributed by atoms with Gasteiger partial charge in [-0.1, -0.05) is 41.9 Å². The van der Waals surface area contributed by atoms with Crippen LogP contribution in [0.2, 0.25) is 5.02 Å². The molecule has 0 atom stereocenters. The van der Waals surface area contributed by atoms with E-state index in [0.717, 1.165) is 23.6 Å². The van der Waals surface area contributed by atoms with Crippen LogP contribution in [-0.2, 0) is 11.9 Å². The summed E-state index contributed by atoms with van der Waals surface area (Å²) in [5, 5.41) is 3.14. The van der Waals surface area contributed by atoms with E-state index in [-0.39, 0.29) is 5.02 Å². The molecular formula is C16H15ClF3NS. The number of hydrogen-bond donors (Lipinski definition) is 1. The molecule has 2 aromatic rings. The van der Waals surface area contributed by atoms with Crippen molar-refractivity contribution in [2.45, 2.75) is 11.9 Å². The van der Waals surface area contributed by atoms with Crippen LogP contribution >= 0.6 is 23.4 Å². The molecule has 0 amide bonds. The predicted octanol–water partition coefficient (Wildman–Crippen LogP) is 5.70. The van der Waals surface area contributed by atoms with Crippen molar-refractivity contribution in [3.05, 3.63) is 64.7 Å². The third kappa shape index (κ3) is 5.14. The van der Waals surface area contributed by atoms with E-state index in [2.05, 4.69) is 17.4 Å². The van der Waals surface area contributed by atoms with Crippen LogP contribution in [0.4, 0.5) is 18.9 Å². The smallest absolute Gasteiger partial charge is 0.383 e. The fourth-order valence-corrected chi connectivity index (χ4v) is 2.92. The Morgan fingerprint density at radius 2 is 1.77 bits per heavy atom. The highest BCUT2D eigenvalue weighted by atomic mass is 35.5. The van der Waals surface area contributed by atoms with Gasteiger partial charge in [0.2, 0.25) is 0 Å². The number of thioether (sulfide) groups is 1. The van der Waals surface area contributed by atoms with Crippen molar-refractivity contribution in [1.82, 2.24) is 0 Å². The Hall–Kier alpha value is -1.33. The Morgan fingerprint density at radius 1 is 1.05 bits per heavy atom. The standard InChI is InChI=1S/C16H15ClF3NS/c17-14-10-13(16(18,19)20)6-7-15(14)21-8-9-22-11-12-4-2-1-3-5-12/h1-7,10,21H,8-9,11H2. The summed E-state index contributed by atoms with van der Waals surface area (Å²) in [4.78, 5) is 0. The zero-order chi connectivity index (χ0) is 16.0. The lowest BCUT2D eigenvalue weighted by molar-refractivity contribution is -0.137. The summed E-state index contributed by atoms with van der Waals surface area (Å²) >= 11 is 7.63. The molecule has 2 aromatic carbocycles. The minimum absolute atomic E-state index is 0.0860. The third-order valence-electron chi connectivity index (χ3n) is 2.97. The minimum atomic E-state index is -4.37. The summed E-state index contributed by atoms with van der Waals surface area (Å²) in [7, 11) is 0. The number of hydrogen-bond acceptors (Lipinski definition) is 2. The Kier molecular flexibility index (Phi) is 6.03. The van der Waals surface area contributed by atoms with E-state index in [1.807, 2.05) is 18.2 Å². The zero-order valence-corrected chi connectivity index (χ0v) is 13.2. The molecule has 22 heavy (non-hydrogen) atoms. The molecule has 0 aromatic heterocycles. The number of anilines is 1. The molecule has 1 N–H and O–H groups in total. The lowest BCUT2D eigenvalue weighted by Gasteiger charge is -2.11. The molecule has 0 bridgehead atoms. The molecule has 0 saturated carbocycles. The van der Waals surface area contributed by atoms with Gasteiger partial charge in [0.05, 0.1) is 16.3 Å². The van der Waals surface area contributed by atoms with Crippen molar-refractivity contribution >= 4 is 29.1 Å². The molecule has 0 fully saturated rings. The number of rotatable bonds is 6. The number of alkyl halides is 3. The topological polar surface area (TPSA) is 12.0 Å². The largest absolute Gasteiger partial charge is 0.416 e. The third-order valence-corrected chi connectivity index (χ3v) is 4.31. The maximum Gasteiger partial charge on any atom is 0.416 e. The summed E-state index contributed by atoms with van der Waals surface area (Å²) in [6.45, 7) is 0.641. The fraction of sp³-hybridized carbons (Fsp3) is 0.250. The molecule has 0 radical (unpaired) electrons. The number of halogens is 4. The molecule has 0 spiro atoms. The van der Waals surface area contributed by atoms with E-state index < -0.39 is 11.7 Å². The van der Waals surface area contributed by atoms with Gasteiger partial charge in [-0.3, -0.25) is 0 Å². The lowest BCUT2D eigenvalue weighted by atomic mass is 10.2. The Balaban J connectivity index is 1.77. The van der Waals surface area contributed by atoms with Gasteiger partial charge in [0.15, 0.2) is 0 Å². The zero-order valence-electron chi connectivity index (χ0n) is 11.7. The van der Waals surface area contributed by atoms with Crippen molar-refractivity contribution < 1.29 is 13.2 Å². The maximum absolute atomic E-state index is 12.5. The summed E-state index contributed by atoms with van der Waals surface area (Å²) in [5.41, 5.74) is 1.04. The molecule has 2 rings (SSSR count). The van der Waals surface area contributed by atoms with Gasteiger partial charge in [-0.05, 0) is 23.8 Å².